The Labute approximate surface area is 144 Å². The van der Waals surface area contributed by atoms with E-state index >= 15 is 0 Å². The summed E-state index contributed by atoms with van der Waals surface area (Å²) in [6.07, 6.45) is 24.0. The van der Waals surface area contributed by atoms with Gasteiger partial charge in [0.1, 0.15) is 5.06 Å². The van der Waals surface area contributed by atoms with Crippen molar-refractivity contribution in [3.05, 3.63) is 12.2 Å². The molecule has 0 rings (SSSR count). The van der Waals surface area contributed by atoms with Crippen molar-refractivity contribution in [3.63, 3.8) is 0 Å². The van der Waals surface area contributed by atoms with Crippen molar-refractivity contribution in [2.24, 2.45) is 0 Å². The molecule has 0 saturated carbocycles. The smallest absolute Gasteiger partial charge is 0.139 e. The summed E-state index contributed by atoms with van der Waals surface area (Å²) in [7, 11) is 0. The Morgan fingerprint density at radius 2 is 1.14 bits per heavy atom. The number of hydrogen-bond donors (Lipinski definition) is 1. The Bertz CT molecular complexity index is 243. The summed E-state index contributed by atoms with van der Waals surface area (Å²) >= 11 is 5.70. The second-order valence-electron chi connectivity index (χ2n) is 6.85. The fourth-order valence-corrected chi connectivity index (χ4v) is 2.79. The molecule has 0 aromatic carbocycles. The first-order valence-corrected chi connectivity index (χ1v) is 10.0. The van der Waals surface area contributed by atoms with Gasteiger partial charge in [-0.1, -0.05) is 108 Å². The lowest BCUT2D eigenvalue weighted by Gasteiger charge is -2.10. The summed E-state index contributed by atoms with van der Waals surface area (Å²) in [4.78, 5) is 0. The van der Waals surface area contributed by atoms with Crippen LogP contribution < -0.4 is 0 Å². The lowest BCUT2D eigenvalue weighted by Crippen LogP contribution is -2.12. The normalized spacial score (nSPS) is 14.5. The summed E-state index contributed by atoms with van der Waals surface area (Å²) in [5.41, 5.74) is 0. The van der Waals surface area contributed by atoms with Gasteiger partial charge in [-0.15, -0.1) is 0 Å². The maximum atomic E-state index is 9.35. The van der Waals surface area contributed by atoms with Gasteiger partial charge in [0.25, 0.3) is 0 Å². The van der Waals surface area contributed by atoms with E-state index in [9.17, 15) is 5.11 Å². The van der Waals surface area contributed by atoms with Gasteiger partial charge in [-0.3, -0.25) is 0 Å². The Balaban J connectivity index is 3.08. The quantitative estimate of drug-likeness (QED) is 0.178. The highest BCUT2D eigenvalue weighted by atomic mass is 35.5. The molecule has 22 heavy (non-hydrogen) atoms. The Morgan fingerprint density at radius 3 is 1.55 bits per heavy atom. The van der Waals surface area contributed by atoms with Gasteiger partial charge in [0, 0.05) is 6.42 Å². The van der Waals surface area contributed by atoms with Gasteiger partial charge in [0.2, 0.25) is 0 Å². The van der Waals surface area contributed by atoms with E-state index < -0.39 is 5.06 Å². The fraction of sp³-hybridized carbons (Fsp3) is 0.900. The number of alkyl halides is 1. The van der Waals surface area contributed by atoms with E-state index in [4.69, 9.17) is 11.6 Å². The molecule has 0 heterocycles. The highest BCUT2D eigenvalue weighted by molar-refractivity contribution is 6.22. The molecule has 1 unspecified atom stereocenters. The molecule has 0 aromatic rings. The number of unbranched alkanes of at least 4 members (excludes halogenated alkanes) is 13. The molecule has 0 saturated heterocycles. The molecule has 0 radical (unpaired) electrons. The lowest BCUT2D eigenvalue weighted by molar-refractivity contribution is 0.153. The van der Waals surface area contributed by atoms with Crippen molar-refractivity contribution in [2.75, 3.05) is 0 Å². The molecule has 0 bridgehead atoms. The zero-order valence-electron chi connectivity index (χ0n) is 15.1. The summed E-state index contributed by atoms with van der Waals surface area (Å²) in [5.74, 6) is 0. The average Bonchev–Trinajstić information content (AvgIpc) is 2.45. The lowest BCUT2D eigenvalue weighted by atomic mass is 10.0. The van der Waals surface area contributed by atoms with Crippen LogP contribution in [0.1, 0.15) is 110 Å². The van der Waals surface area contributed by atoms with Gasteiger partial charge in [-0.2, -0.15) is 0 Å². The first kappa shape index (κ1) is 22.0. The van der Waals surface area contributed by atoms with Crippen LogP contribution in [0.4, 0.5) is 0 Å². The third kappa shape index (κ3) is 20.0. The predicted molar refractivity (Wildman–Crippen MR) is 101 cm³/mol. The van der Waals surface area contributed by atoms with Crippen LogP contribution in [-0.2, 0) is 0 Å². The molecule has 0 aromatic heterocycles. The van der Waals surface area contributed by atoms with E-state index in [1.807, 2.05) is 6.08 Å². The monoisotopic (exact) mass is 330 g/mol. The summed E-state index contributed by atoms with van der Waals surface area (Å²) in [6.45, 7) is 3.91. The van der Waals surface area contributed by atoms with Crippen LogP contribution in [0.25, 0.3) is 0 Å². The van der Waals surface area contributed by atoms with Gasteiger partial charge >= 0.3 is 0 Å². The first-order valence-electron chi connectivity index (χ1n) is 9.62. The molecule has 0 aliphatic heterocycles. The van der Waals surface area contributed by atoms with Crippen LogP contribution in [0.5, 0.6) is 0 Å². The number of hydrogen-bond acceptors (Lipinski definition) is 1. The van der Waals surface area contributed by atoms with Crippen LogP contribution >= 0.6 is 11.6 Å². The molecule has 1 nitrogen and oxygen atoms in total. The largest absolute Gasteiger partial charge is 0.375 e. The van der Waals surface area contributed by atoms with Crippen molar-refractivity contribution < 1.29 is 5.11 Å². The predicted octanol–water partition coefficient (Wildman–Crippen LogP) is 7.36. The van der Waals surface area contributed by atoms with Gasteiger partial charge < -0.3 is 5.11 Å². The van der Waals surface area contributed by atoms with Crippen LogP contribution in [0, 0.1) is 0 Å². The number of allylic oxidation sites excluding steroid dienone is 1. The van der Waals surface area contributed by atoms with Crippen LogP contribution in [-0.4, -0.2) is 10.2 Å². The fourth-order valence-electron chi connectivity index (χ4n) is 2.70. The summed E-state index contributed by atoms with van der Waals surface area (Å²) < 4.78 is 0. The number of halogens is 1. The molecule has 2 heteroatoms. The SMILES string of the molecule is CCCCCCCCCCCCCCC/C=C/CC(C)(O)Cl. The van der Waals surface area contributed by atoms with Crippen molar-refractivity contribution in [3.8, 4) is 0 Å². The number of rotatable bonds is 16. The second-order valence-corrected chi connectivity index (χ2v) is 7.66. The van der Waals surface area contributed by atoms with Crippen LogP contribution in [0.2, 0.25) is 0 Å². The maximum absolute atomic E-state index is 9.35. The van der Waals surface area contributed by atoms with E-state index in [1.165, 1.54) is 83.5 Å². The highest BCUT2D eigenvalue weighted by Gasteiger charge is 2.11. The Morgan fingerprint density at radius 1 is 0.727 bits per heavy atom. The molecule has 132 valence electrons. The molecule has 0 spiro atoms. The molecule has 0 amide bonds. The molecule has 0 aliphatic carbocycles. The van der Waals surface area contributed by atoms with E-state index in [1.54, 1.807) is 6.92 Å². The van der Waals surface area contributed by atoms with Gasteiger partial charge in [0.15, 0.2) is 0 Å². The van der Waals surface area contributed by atoms with Crippen molar-refractivity contribution in [1.82, 2.24) is 0 Å². The topological polar surface area (TPSA) is 20.2 Å². The van der Waals surface area contributed by atoms with Crippen molar-refractivity contribution in [2.45, 2.75) is 115 Å². The van der Waals surface area contributed by atoms with Crippen molar-refractivity contribution in [1.29, 1.82) is 0 Å². The first-order chi connectivity index (χ1) is 10.6. The van der Waals surface area contributed by atoms with E-state index in [-0.39, 0.29) is 0 Å². The molecular weight excluding hydrogens is 292 g/mol. The molecular formula is C20H39ClO. The maximum Gasteiger partial charge on any atom is 0.139 e. The minimum atomic E-state index is -1.08. The Kier molecular flexibility index (Phi) is 15.9. The third-order valence-corrected chi connectivity index (χ3v) is 4.29. The van der Waals surface area contributed by atoms with Gasteiger partial charge in [-0.05, 0) is 19.8 Å². The molecule has 0 aliphatic rings. The molecule has 1 atom stereocenters. The van der Waals surface area contributed by atoms with E-state index in [0.717, 1.165) is 6.42 Å². The molecule has 0 fully saturated rings. The van der Waals surface area contributed by atoms with Gasteiger partial charge in [0.05, 0.1) is 0 Å². The number of aliphatic hydroxyl groups is 1. The second kappa shape index (κ2) is 15.9. The minimum Gasteiger partial charge on any atom is -0.375 e. The zero-order chi connectivity index (χ0) is 16.5. The van der Waals surface area contributed by atoms with Crippen molar-refractivity contribution >= 4 is 11.6 Å². The van der Waals surface area contributed by atoms with E-state index in [0.29, 0.717) is 6.42 Å². The Hall–Kier alpha value is -0.0100. The zero-order valence-corrected chi connectivity index (χ0v) is 15.8. The third-order valence-electron chi connectivity index (χ3n) is 4.13. The highest BCUT2D eigenvalue weighted by Crippen LogP contribution is 2.16. The van der Waals surface area contributed by atoms with Crippen LogP contribution in [0.3, 0.4) is 0 Å². The summed E-state index contributed by atoms with van der Waals surface area (Å²) in [5, 5.41) is 8.27. The summed E-state index contributed by atoms with van der Waals surface area (Å²) in [6, 6.07) is 0. The van der Waals surface area contributed by atoms with Crippen LogP contribution in [0.15, 0.2) is 12.2 Å². The standard InChI is InChI=1S/C20H39ClO/c1-3-4-5-6-7-8-9-10-11-12-13-14-15-16-17-18-19-20(2,21)22/h17-18,22H,3-16,19H2,1-2H3/b18-17+. The van der Waals surface area contributed by atoms with E-state index in [2.05, 4.69) is 13.0 Å². The minimum absolute atomic E-state index is 0.535. The molecule has 1 N–H and O–H groups in total. The van der Waals surface area contributed by atoms with Gasteiger partial charge in [-0.25, -0.2) is 0 Å². The average molecular weight is 331 g/mol.